The van der Waals surface area contributed by atoms with Crippen LogP contribution in [-0.4, -0.2) is 76.0 Å². The van der Waals surface area contributed by atoms with Crippen LogP contribution < -0.4 is 0 Å². The normalized spacial score (nSPS) is 16.1. The second-order valence-electron chi connectivity index (χ2n) is 8.71. The lowest BCUT2D eigenvalue weighted by molar-refractivity contribution is -0.350. The second-order valence-corrected chi connectivity index (χ2v) is 10.5. The van der Waals surface area contributed by atoms with E-state index in [9.17, 15) is 123 Å². The first kappa shape index (κ1) is 47.6. The molecule has 47 heavy (non-hydrogen) atoms. The van der Waals surface area contributed by atoms with Crippen LogP contribution >= 0.6 is 22.6 Å². The maximum atomic E-state index is 13.3. The first-order valence-corrected chi connectivity index (χ1v) is 11.7. The van der Waals surface area contributed by atoms with Crippen LogP contribution in [-0.2, 0) is 0 Å². The highest BCUT2D eigenvalue weighted by Crippen LogP contribution is 2.55. The van der Waals surface area contributed by atoms with Crippen molar-refractivity contribution in [3.8, 4) is 0 Å². The third kappa shape index (κ3) is 10.3. The monoisotopic (exact) mass is 884 g/mol. The number of allylic oxidation sites excluding steroid dienone is 2. The molecule has 0 heterocycles. The molecule has 0 aromatic heterocycles. The fourth-order valence-corrected chi connectivity index (χ4v) is 3.81. The van der Waals surface area contributed by atoms with Crippen molar-refractivity contribution < 1.29 is 123 Å². The Morgan fingerprint density at radius 1 is 0.340 bits per heavy atom. The Kier molecular flexibility index (Phi) is 13.9. The van der Waals surface area contributed by atoms with Crippen molar-refractivity contribution in [3.63, 3.8) is 0 Å². The average molecular weight is 884 g/mol. The molecule has 0 aliphatic carbocycles. The van der Waals surface area contributed by atoms with E-state index in [2.05, 4.69) is 0 Å². The molecule has 0 N–H and O–H groups in total. The summed E-state index contributed by atoms with van der Waals surface area (Å²) in [6.45, 7) is 0. The second kappa shape index (κ2) is 13.7. The molecule has 0 aromatic rings. The quantitative estimate of drug-likeness (QED) is 0.103. The van der Waals surface area contributed by atoms with Crippen molar-refractivity contribution >= 4 is 22.6 Å². The molecule has 0 saturated carbocycles. The van der Waals surface area contributed by atoms with Gasteiger partial charge in [-0.15, -0.1) is 0 Å². The molecule has 0 aliphatic rings. The Morgan fingerprint density at radius 2 is 0.553 bits per heavy atom. The van der Waals surface area contributed by atoms with Crippen LogP contribution in [0, 0.1) is 0 Å². The Morgan fingerprint density at radius 3 is 0.723 bits per heavy atom. The van der Waals surface area contributed by atoms with Crippen LogP contribution in [0.15, 0.2) is 12.2 Å². The molecule has 0 atom stereocenters. The lowest BCUT2D eigenvalue weighted by Crippen LogP contribution is -2.57. The van der Waals surface area contributed by atoms with Gasteiger partial charge in [-0.25, -0.2) is 17.6 Å². The van der Waals surface area contributed by atoms with Crippen molar-refractivity contribution in [2.45, 2.75) is 95.3 Å². The third-order valence-electron chi connectivity index (χ3n) is 5.27. The largest absolute Gasteiger partial charge is 0.435 e. The summed E-state index contributed by atoms with van der Waals surface area (Å²) in [6, 6.07) is 0. The molecule has 0 nitrogen and oxygen atoms in total. The van der Waals surface area contributed by atoms with Crippen LogP contribution in [0.5, 0.6) is 0 Å². The molecule has 0 unspecified atom stereocenters. The van der Waals surface area contributed by atoms with E-state index in [0.717, 1.165) is 0 Å². The number of hydrogen-bond donors (Lipinski definition) is 0. The smallest absolute Gasteiger partial charge is 0.224 e. The fraction of sp³-hybridized carbons (Fsp3) is 0.889. The highest BCUT2D eigenvalue weighted by molar-refractivity contribution is 14.1. The van der Waals surface area contributed by atoms with Crippen LogP contribution in [0.2, 0.25) is 0 Å². The maximum absolute atomic E-state index is 13.3. The molecule has 0 spiro atoms. The van der Waals surface area contributed by atoms with E-state index in [-0.39, 0.29) is 22.6 Å². The number of rotatable bonds is 7. The van der Waals surface area contributed by atoms with Gasteiger partial charge in [-0.2, -0.15) is 105 Å². The minimum absolute atomic E-state index is 0.272. The lowest BCUT2D eigenvalue weighted by Gasteiger charge is -2.35. The van der Waals surface area contributed by atoms with Crippen molar-refractivity contribution in [2.75, 3.05) is 0 Å². The van der Waals surface area contributed by atoms with Gasteiger partial charge in [0.25, 0.3) is 11.3 Å². The SMILES string of the molecule is FC(F)(F)C(F)(/C=C/CC(F)(C(F)(F)F)C(F)(F)F)C(F)(F)F.FC(F)(F)C(F)(CC(I)CC(F)(C(F)(F)F)C(F)(F)F)C(F)(F)F. The summed E-state index contributed by atoms with van der Waals surface area (Å²) in [5, 5.41) is 0. The highest BCUT2D eigenvalue weighted by atomic mass is 127. The molecule has 284 valence electrons. The molecular weight excluding hydrogens is 875 g/mol. The van der Waals surface area contributed by atoms with Gasteiger partial charge in [0, 0.05) is 23.2 Å². The van der Waals surface area contributed by atoms with E-state index in [1.165, 1.54) is 0 Å². The molecule has 0 rings (SSSR count). The number of alkyl halides is 29. The minimum atomic E-state index is -6.74. The molecule has 0 aliphatic heterocycles. The Hall–Kier alpha value is -1.49. The fourth-order valence-electron chi connectivity index (χ4n) is 2.59. The van der Waals surface area contributed by atoms with Gasteiger partial charge in [0.1, 0.15) is 0 Å². The Bertz CT molecular complexity index is 926. The van der Waals surface area contributed by atoms with E-state index < -0.39 is 107 Å². The predicted molar refractivity (Wildman–Crippen MR) is 105 cm³/mol. The molecule has 0 aromatic carbocycles. The van der Waals surface area contributed by atoms with Gasteiger partial charge in [-0.1, -0.05) is 28.7 Å². The third-order valence-corrected chi connectivity index (χ3v) is 6.15. The molecule has 0 amide bonds. The summed E-state index contributed by atoms with van der Waals surface area (Å²) in [5.41, 5.74) is -24.6. The zero-order valence-corrected chi connectivity index (χ0v) is 23.0. The zero-order chi connectivity index (χ0) is 39.1. The molecule has 0 saturated heterocycles. The first-order chi connectivity index (χ1) is 19.8. The van der Waals surface area contributed by atoms with E-state index >= 15 is 0 Å². The van der Waals surface area contributed by atoms with Gasteiger partial charge in [-0.3, -0.25) is 0 Å². The zero-order valence-electron chi connectivity index (χ0n) is 20.8. The van der Waals surface area contributed by atoms with Crippen molar-refractivity contribution in [3.05, 3.63) is 12.2 Å². The highest BCUT2D eigenvalue weighted by Gasteiger charge is 2.76. The Balaban J connectivity index is 0. The standard InChI is InChI=1S/C9H5F14I.C9H4F14/c10-4(6(12,13)14,7(15,16)17)1-3(24)2-5(11,8(18,19)20)9(21,22)23;10-4(6(12,13)14,7(15,16)17)2-1-3-5(11,8(18,19)20)9(21,22)23/h3H,1-2H2;1-2H,3H2/b;2-1+. The van der Waals surface area contributed by atoms with Crippen molar-refractivity contribution in [1.29, 1.82) is 0 Å². The molecule has 0 fully saturated rings. The van der Waals surface area contributed by atoms with Gasteiger partial charge in [-0.05, 0) is 6.08 Å². The minimum Gasteiger partial charge on any atom is -0.224 e. The molecule has 0 bridgehead atoms. The topological polar surface area (TPSA) is 0 Å². The summed E-state index contributed by atoms with van der Waals surface area (Å²) in [6.07, 6.45) is -65.2. The summed E-state index contributed by atoms with van der Waals surface area (Å²) in [5.74, 6) is 0. The van der Waals surface area contributed by atoms with Gasteiger partial charge in [0.05, 0.1) is 0 Å². The van der Waals surface area contributed by atoms with Crippen LogP contribution in [0.4, 0.5) is 123 Å². The molecular formula is C18H9F28I. The molecule has 29 heteroatoms. The van der Waals surface area contributed by atoms with Crippen molar-refractivity contribution in [1.82, 2.24) is 0 Å². The van der Waals surface area contributed by atoms with Gasteiger partial charge >= 0.3 is 60.7 Å². The van der Waals surface area contributed by atoms with Crippen LogP contribution in [0.3, 0.4) is 0 Å². The van der Waals surface area contributed by atoms with Gasteiger partial charge in [0.15, 0.2) is 0 Å². The van der Waals surface area contributed by atoms with E-state index in [1.54, 1.807) is 0 Å². The van der Waals surface area contributed by atoms with Gasteiger partial charge < -0.3 is 0 Å². The van der Waals surface area contributed by atoms with Crippen molar-refractivity contribution in [2.24, 2.45) is 0 Å². The summed E-state index contributed by atoms with van der Waals surface area (Å²) in [4.78, 5) is 0. The van der Waals surface area contributed by atoms with E-state index in [1.807, 2.05) is 0 Å². The first-order valence-electron chi connectivity index (χ1n) is 10.4. The molecule has 0 radical (unpaired) electrons. The summed E-state index contributed by atoms with van der Waals surface area (Å²) < 4.78 is 340. The van der Waals surface area contributed by atoms with E-state index in [0.29, 0.717) is 0 Å². The maximum Gasteiger partial charge on any atom is 0.435 e. The van der Waals surface area contributed by atoms with Crippen LogP contribution in [0.25, 0.3) is 0 Å². The van der Waals surface area contributed by atoms with Crippen LogP contribution in [0.1, 0.15) is 19.3 Å². The lowest BCUT2D eigenvalue weighted by atomic mass is 9.91. The predicted octanol–water partition coefficient (Wildman–Crippen LogP) is 11.8. The average Bonchev–Trinajstić information content (AvgIpc) is 2.72. The number of hydrogen-bond acceptors (Lipinski definition) is 0. The summed E-state index contributed by atoms with van der Waals surface area (Å²) in [7, 11) is 0. The van der Waals surface area contributed by atoms with E-state index in [4.69, 9.17) is 0 Å². The number of halogens is 29. The van der Waals surface area contributed by atoms with Gasteiger partial charge in [0.2, 0.25) is 0 Å². The summed E-state index contributed by atoms with van der Waals surface area (Å²) >= 11 is 0.272. The Labute approximate surface area is 253 Å².